The first-order valence-electron chi connectivity index (χ1n) is 5.40. The van der Waals surface area contributed by atoms with Crippen LogP contribution in [0.5, 0.6) is 0 Å². The molecule has 0 fully saturated rings. The molecule has 0 amide bonds. The Labute approximate surface area is 108 Å². The lowest BCUT2D eigenvalue weighted by atomic mass is 10.4. The summed E-state index contributed by atoms with van der Waals surface area (Å²) in [5.41, 5.74) is 0.963. The molecule has 2 N–H and O–H groups in total. The first-order chi connectivity index (χ1) is 8.34. The molecule has 1 aromatic carbocycles. The van der Waals surface area contributed by atoms with Crippen molar-refractivity contribution in [2.75, 3.05) is 12.3 Å². The fourth-order valence-electron chi connectivity index (χ4n) is 1.38. The van der Waals surface area contributed by atoms with E-state index >= 15 is 0 Å². The molecule has 0 saturated heterocycles. The van der Waals surface area contributed by atoms with E-state index in [0.717, 1.165) is 24.5 Å². The van der Waals surface area contributed by atoms with Gasteiger partial charge in [0.15, 0.2) is 0 Å². The highest BCUT2D eigenvalue weighted by Crippen LogP contribution is 2.15. The van der Waals surface area contributed by atoms with Gasteiger partial charge in [0.25, 0.3) is 0 Å². The van der Waals surface area contributed by atoms with Crippen molar-refractivity contribution < 1.29 is 0 Å². The minimum Gasteiger partial charge on any atom is -0.315 e. The van der Waals surface area contributed by atoms with Crippen LogP contribution in [0.3, 0.4) is 0 Å². The summed E-state index contributed by atoms with van der Waals surface area (Å²) >= 11 is 3.04. The van der Waals surface area contributed by atoms with Gasteiger partial charge in [-0.3, -0.25) is 4.79 Å². The fourth-order valence-corrected chi connectivity index (χ4v) is 2.79. The maximum absolute atomic E-state index is 10.9. The summed E-state index contributed by atoms with van der Waals surface area (Å²) in [5.74, 6) is 1.03. The summed E-state index contributed by atoms with van der Waals surface area (Å²) in [4.78, 5) is 15.0. The molecule has 90 valence electrons. The Balaban J connectivity index is 1.62. The highest BCUT2D eigenvalue weighted by molar-refractivity contribution is 7.99. The molecule has 2 aromatic rings. The fraction of sp³-hybridized carbons (Fsp3) is 0.250. The van der Waals surface area contributed by atoms with Crippen molar-refractivity contribution in [1.82, 2.24) is 10.3 Å². The number of aromatic nitrogens is 1. The number of aromatic amines is 1. The highest BCUT2D eigenvalue weighted by Gasteiger charge is 1.96. The van der Waals surface area contributed by atoms with Crippen LogP contribution in [-0.4, -0.2) is 17.3 Å². The van der Waals surface area contributed by atoms with Crippen molar-refractivity contribution in [2.45, 2.75) is 11.4 Å². The molecule has 0 aliphatic rings. The largest absolute Gasteiger partial charge is 0.315 e. The molecule has 1 aromatic heterocycles. The van der Waals surface area contributed by atoms with Crippen LogP contribution < -0.4 is 10.2 Å². The first-order valence-corrected chi connectivity index (χ1v) is 7.26. The molecule has 17 heavy (non-hydrogen) atoms. The second-order valence-electron chi connectivity index (χ2n) is 3.51. The smallest absolute Gasteiger partial charge is 0.304 e. The van der Waals surface area contributed by atoms with Gasteiger partial charge in [0.05, 0.1) is 0 Å². The summed E-state index contributed by atoms with van der Waals surface area (Å²) < 4.78 is 0. The number of benzene rings is 1. The molecule has 0 saturated carbocycles. The zero-order valence-corrected chi connectivity index (χ0v) is 10.9. The topological polar surface area (TPSA) is 44.9 Å². The van der Waals surface area contributed by atoms with Gasteiger partial charge in [-0.2, -0.15) is 0 Å². The lowest BCUT2D eigenvalue weighted by molar-refractivity contribution is 0.718. The molecule has 1 heterocycles. The molecule has 2 rings (SSSR count). The maximum Gasteiger partial charge on any atom is 0.304 e. The predicted molar refractivity (Wildman–Crippen MR) is 73.8 cm³/mol. The van der Waals surface area contributed by atoms with E-state index in [1.54, 1.807) is 0 Å². The van der Waals surface area contributed by atoms with Crippen molar-refractivity contribution in [3.05, 3.63) is 51.1 Å². The number of hydrogen-bond donors (Lipinski definition) is 2. The summed E-state index contributed by atoms with van der Waals surface area (Å²) in [6, 6.07) is 10.3. The third-order valence-corrected chi connectivity index (χ3v) is 3.91. The lowest BCUT2D eigenvalue weighted by Gasteiger charge is -2.03. The van der Waals surface area contributed by atoms with Gasteiger partial charge < -0.3 is 10.3 Å². The van der Waals surface area contributed by atoms with Crippen LogP contribution in [-0.2, 0) is 6.54 Å². The summed E-state index contributed by atoms with van der Waals surface area (Å²) in [5, 5.41) is 5.16. The van der Waals surface area contributed by atoms with Gasteiger partial charge in [0.2, 0.25) is 0 Å². The predicted octanol–water partition coefficient (Wildman–Crippen LogP) is 2.32. The molecule has 0 radical (unpaired) electrons. The van der Waals surface area contributed by atoms with Crippen molar-refractivity contribution in [2.24, 2.45) is 0 Å². The van der Waals surface area contributed by atoms with E-state index in [-0.39, 0.29) is 4.87 Å². The minimum absolute atomic E-state index is 0.0143. The van der Waals surface area contributed by atoms with Crippen LogP contribution in [0.15, 0.2) is 45.4 Å². The van der Waals surface area contributed by atoms with Gasteiger partial charge in [-0.1, -0.05) is 29.5 Å². The molecule has 0 aliphatic heterocycles. The zero-order valence-electron chi connectivity index (χ0n) is 9.31. The Morgan fingerprint density at radius 3 is 2.82 bits per heavy atom. The van der Waals surface area contributed by atoms with Crippen LogP contribution in [0, 0.1) is 0 Å². The van der Waals surface area contributed by atoms with Crippen molar-refractivity contribution in [1.29, 1.82) is 0 Å². The number of thioether (sulfide) groups is 1. The van der Waals surface area contributed by atoms with Gasteiger partial charge >= 0.3 is 4.87 Å². The Morgan fingerprint density at radius 1 is 1.29 bits per heavy atom. The molecule has 3 nitrogen and oxygen atoms in total. The van der Waals surface area contributed by atoms with Gasteiger partial charge in [0, 0.05) is 34.8 Å². The summed E-state index contributed by atoms with van der Waals surface area (Å²) in [7, 11) is 0. The summed E-state index contributed by atoms with van der Waals surface area (Å²) in [6.07, 6.45) is 0. The molecule has 0 bridgehead atoms. The Kier molecular flexibility index (Phi) is 4.85. The number of nitrogens with one attached hydrogen (secondary N) is 2. The molecule has 0 atom stereocenters. The van der Waals surface area contributed by atoms with Crippen molar-refractivity contribution in [3.8, 4) is 0 Å². The normalized spacial score (nSPS) is 10.6. The van der Waals surface area contributed by atoms with Crippen LogP contribution >= 0.6 is 23.1 Å². The zero-order chi connectivity index (χ0) is 11.9. The van der Waals surface area contributed by atoms with E-state index in [1.807, 2.05) is 35.3 Å². The third kappa shape index (κ3) is 4.38. The Hall–Kier alpha value is -1.04. The summed E-state index contributed by atoms with van der Waals surface area (Å²) in [6.45, 7) is 1.66. The van der Waals surface area contributed by atoms with Crippen LogP contribution in [0.25, 0.3) is 0 Å². The van der Waals surface area contributed by atoms with E-state index in [9.17, 15) is 4.79 Å². The molecule has 0 spiro atoms. The number of H-pyrrole nitrogens is 1. The maximum atomic E-state index is 10.9. The van der Waals surface area contributed by atoms with E-state index in [0.29, 0.717) is 0 Å². The van der Waals surface area contributed by atoms with E-state index in [2.05, 4.69) is 22.4 Å². The molecule has 0 aliphatic carbocycles. The number of hydrogen-bond acceptors (Lipinski definition) is 4. The standard InChI is InChI=1S/C12H14N2OS2/c15-12-14-10(9-17-12)8-13-6-7-16-11-4-2-1-3-5-11/h1-5,9,13H,6-8H2,(H,14,15). The minimum atomic E-state index is 0.0143. The monoisotopic (exact) mass is 266 g/mol. The molecular formula is C12H14N2OS2. The molecular weight excluding hydrogens is 252 g/mol. The first kappa shape index (κ1) is 12.4. The van der Waals surface area contributed by atoms with Crippen LogP contribution in [0.2, 0.25) is 0 Å². The quantitative estimate of drug-likeness (QED) is 0.623. The van der Waals surface area contributed by atoms with Gasteiger partial charge in [0.1, 0.15) is 0 Å². The molecule has 0 unspecified atom stereocenters. The van der Waals surface area contributed by atoms with E-state index in [1.165, 1.54) is 16.2 Å². The highest BCUT2D eigenvalue weighted by atomic mass is 32.2. The van der Waals surface area contributed by atoms with E-state index < -0.39 is 0 Å². The van der Waals surface area contributed by atoms with E-state index in [4.69, 9.17) is 0 Å². The average molecular weight is 266 g/mol. The Morgan fingerprint density at radius 2 is 2.12 bits per heavy atom. The SMILES string of the molecule is O=c1[nH]c(CNCCSc2ccccc2)cs1. The molecule has 5 heteroatoms. The van der Waals surface area contributed by atoms with Crippen LogP contribution in [0.1, 0.15) is 5.69 Å². The second-order valence-corrected chi connectivity index (χ2v) is 5.52. The van der Waals surface area contributed by atoms with Crippen molar-refractivity contribution >= 4 is 23.1 Å². The van der Waals surface area contributed by atoms with Crippen LogP contribution in [0.4, 0.5) is 0 Å². The second kappa shape index (κ2) is 6.64. The Bertz CT molecular complexity index is 492. The lowest BCUT2D eigenvalue weighted by Crippen LogP contribution is -2.17. The van der Waals surface area contributed by atoms with Gasteiger partial charge in [-0.25, -0.2) is 0 Å². The third-order valence-electron chi connectivity index (χ3n) is 2.18. The number of thiazole rings is 1. The average Bonchev–Trinajstić information content (AvgIpc) is 2.76. The van der Waals surface area contributed by atoms with Gasteiger partial charge in [-0.15, -0.1) is 11.8 Å². The number of rotatable bonds is 6. The van der Waals surface area contributed by atoms with Gasteiger partial charge in [-0.05, 0) is 12.1 Å². The van der Waals surface area contributed by atoms with Crippen molar-refractivity contribution in [3.63, 3.8) is 0 Å².